The van der Waals surface area contributed by atoms with Crippen molar-refractivity contribution in [1.29, 1.82) is 5.41 Å². The summed E-state index contributed by atoms with van der Waals surface area (Å²) in [5.74, 6) is -2.86. The fraction of sp³-hybridized carbons (Fsp3) is 0.833. The van der Waals surface area contributed by atoms with Crippen molar-refractivity contribution in [2.24, 2.45) is 0 Å². The van der Waals surface area contributed by atoms with Crippen LogP contribution < -0.4 is 40.0 Å². The Hall–Kier alpha value is -0.590. The minimum atomic E-state index is -2.83. The van der Waals surface area contributed by atoms with Crippen molar-refractivity contribution >= 4 is 17.8 Å². The summed E-state index contributed by atoms with van der Waals surface area (Å²) in [4.78, 5) is 22.7. The number of nitrogens with zero attached hydrogens (tertiary/aromatic N) is 1. The first-order valence-corrected chi connectivity index (χ1v) is 9.04. The fourth-order valence-electron chi connectivity index (χ4n) is 2.42. The molecule has 0 atom stereocenters. The second-order valence-corrected chi connectivity index (χ2v) is 6.14. The third kappa shape index (κ3) is 18.0. The van der Waals surface area contributed by atoms with Crippen LogP contribution in [-0.2, 0) is 9.59 Å². The normalized spacial score (nSPS) is 12.3. The van der Waals surface area contributed by atoms with Crippen LogP contribution in [0.4, 0.5) is 0 Å². The summed E-state index contributed by atoms with van der Waals surface area (Å²) >= 11 is 0. The number of likely N-dealkylation sites (N-methyl/N-ethyl adjacent to an activating group) is 1. The van der Waals surface area contributed by atoms with E-state index in [4.69, 9.17) is 9.52 Å². The number of rotatable bonds is 14. The Morgan fingerprint density at radius 3 is 1.92 bits per heavy atom. The van der Waals surface area contributed by atoms with Crippen LogP contribution in [0.2, 0.25) is 0 Å². The number of nitrogens with one attached hydrogen (secondary N) is 2. The van der Waals surface area contributed by atoms with Gasteiger partial charge in [0, 0.05) is 17.5 Å². The smallest absolute Gasteiger partial charge is 0.548 e. The van der Waals surface area contributed by atoms with Gasteiger partial charge in [-0.15, -0.1) is 0 Å². The number of carbonyl (C=O) groups is 2. The second kappa shape index (κ2) is 18.2. The molecule has 0 saturated carbocycles. The van der Waals surface area contributed by atoms with Gasteiger partial charge in [-0.05, 0) is 6.42 Å². The molecule has 0 radical (unpaired) electrons. The third-order valence-corrected chi connectivity index (χ3v) is 3.82. The number of carboxylic acids is 1. The summed E-state index contributed by atoms with van der Waals surface area (Å²) in [6, 6.07) is 0. The average molecular weight is 366 g/mol. The van der Waals surface area contributed by atoms with E-state index < -0.39 is 31.4 Å². The van der Waals surface area contributed by atoms with Crippen LogP contribution in [0.5, 0.6) is 0 Å². The van der Waals surface area contributed by atoms with Crippen molar-refractivity contribution in [2.75, 3.05) is 13.5 Å². The summed E-state index contributed by atoms with van der Waals surface area (Å²) in [7, 11) is 0. The topological polar surface area (TPSA) is 96.3 Å². The van der Waals surface area contributed by atoms with E-state index in [-0.39, 0.29) is 36.0 Å². The molecule has 0 rings (SSSR count). The Labute approximate surface area is 179 Å². The monoisotopic (exact) mass is 366 g/mol. The summed E-state index contributed by atoms with van der Waals surface area (Å²) in [6.45, 7) is -1.60. The Kier molecular flexibility index (Phi) is 15.1. The Bertz CT molecular complexity index is 463. The Morgan fingerprint density at radius 1 is 1.00 bits per heavy atom. The quantitative estimate of drug-likeness (QED) is 0.186. The van der Waals surface area contributed by atoms with Crippen molar-refractivity contribution < 1.29 is 48.4 Å². The molecule has 0 spiro atoms. The summed E-state index contributed by atoms with van der Waals surface area (Å²) in [5.41, 5.74) is 0. The molecule has 2 N–H and O–H groups in total. The predicted octanol–water partition coefficient (Wildman–Crippen LogP) is -0.576. The third-order valence-electron chi connectivity index (χ3n) is 3.82. The van der Waals surface area contributed by atoms with Crippen LogP contribution >= 0.6 is 0 Å². The van der Waals surface area contributed by atoms with Gasteiger partial charge >= 0.3 is 29.6 Å². The van der Waals surface area contributed by atoms with Gasteiger partial charge in [-0.2, -0.15) is 0 Å². The number of hydrogen-bond acceptors (Lipinski definition) is 4. The molecule has 0 aromatic rings. The molecule has 0 aliphatic rings. The molecular weight excluding hydrogens is 329 g/mol. The largest absolute Gasteiger partial charge is 1.00 e. The standard InChI is InChI=1S/C18H35N3O3.Na/c1-3-4-5-6-7-8-9-10-11-12-13-14-16(22)20-18(19)21(2)15-17(23)24;/h3-15H2,1-2H3,(H,23,24)(H2,19,20,22);/q;+1/p-1/i2D3;. The van der Waals surface area contributed by atoms with E-state index in [0.29, 0.717) is 11.3 Å². The predicted molar refractivity (Wildman–Crippen MR) is 94.6 cm³/mol. The summed E-state index contributed by atoms with van der Waals surface area (Å²) in [5, 5.41) is 20.4. The van der Waals surface area contributed by atoms with Crippen LogP contribution in [-0.4, -0.2) is 36.3 Å². The number of hydrogen-bond donors (Lipinski definition) is 2. The van der Waals surface area contributed by atoms with Gasteiger partial charge in [0.25, 0.3) is 0 Å². The molecule has 0 saturated heterocycles. The van der Waals surface area contributed by atoms with Gasteiger partial charge in [-0.3, -0.25) is 15.5 Å². The molecule has 0 fully saturated rings. The molecule has 0 unspecified atom stereocenters. The zero-order chi connectivity index (χ0) is 20.7. The molecule has 0 aliphatic carbocycles. The number of amides is 1. The molecule has 0 aromatic carbocycles. The van der Waals surface area contributed by atoms with Gasteiger partial charge in [-0.25, -0.2) is 0 Å². The molecule has 0 heterocycles. The number of unbranched alkanes of at least 4 members (excludes halogenated alkanes) is 10. The van der Waals surface area contributed by atoms with Crippen molar-refractivity contribution in [3.05, 3.63) is 0 Å². The molecule has 140 valence electrons. The van der Waals surface area contributed by atoms with Gasteiger partial charge in [0.05, 0.1) is 12.5 Å². The number of carbonyl (C=O) groups excluding carboxylic acids is 2. The van der Waals surface area contributed by atoms with Gasteiger partial charge in [0.1, 0.15) is 0 Å². The average Bonchev–Trinajstić information content (AvgIpc) is 2.56. The molecule has 0 aromatic heterocycles. The van der Waals surface area contributed by atoms with Crippen molar-refractivity contribution in [1.82, 2.24) is 10.2 Å². The molecule has 7 heteroatoms. The number of aliphatic carboxylic acids is 1. The van der Waals surface area contributed by atoms with Crippen molar-refractivity contribution in [2.45, 2.75) is 84.0 Å². The van der Waals surface area contributed by atoms with Gasteiger partial charge < -0.3 is 14.8 Å². The maximum atomic E-state index is 11.8. The molecule has 0 bridgehead atoms. The first-order valence-electron chi connectivity index (χ1n) is 10.5. The van der Waals surface area contributed by atoms with Crippen LogP contribution in [0.3, 0.4) is 0 Å². The van der Waals surface area contributed by atoms with E-state index in [1.54, 1.807) is 0 Å². The van der Waals surface area contributed by atoms with Gasteiger partial charge in [0.2, 0.25) is 5.91 Å². The fourth-order valence-corrected chi connectivity index (χ4v) is 2.42. The molecule has 0 aliphatic heterocycles. The van der Waals surface area contributed by atoms with E-state index in [1.165, 1.54) is 44.9 Å². The summed E-state index contributed by atoms with van der Waals surface area (Å²) in [6.07, 6.45) is 12.9. The van der Waals surface area contributed by atoms with E-state index in [0.717, 1.165) is 19.3 Å². The minimum absolute atomic E-state index is 0. The summed E-state index contributed by atoms with van der Waals surface area (Å²) < 4.78 is 21.7. The molecular formula is C18H34N3NaO3. The number of carboxylic acid groups (broad SMARTS) is 1. The minimum Gasteiger partial charge on any atom is -0.548 e. The maximum Gasteiger partial charge on any atom is 1.00 e. The SMILES string of the molecule is [2H]C([2H])([2H])N(CC(=O)[O-])C(=N)NC(=O)CCCCCCCCCCCCC.[Na+]. The maximum absolute atomic E-state index is 11.8. The molecule has 1 amide bonds. The zero-order valence-electron chi connectivity index (χ0n) is 18.9. The second-order valence-electron chi connectivity index (χ2n) is 6.14. The van der Waals surface area contributed by atoms with Gasteiger partial charge in [-0.1, -0.05) is 71.1 Å². The van der Waals surface area contributed by atoms with E-state index in [9.17, 15) is 14.7 Å². The Balaban J connectivity index is 0. The van der Waals surface area contributed by atoms with Crippen LogP contribution in [0.1, 0.15) is 88.1 Å². The van der Waals surface area contributed by atoms with E-state index in [1.807, 2.05) is 0 Å². The van der Waals surface area contributed by atoms with Gasteiger partial charge in [0.15, 0.2) is 5.96 Å². The zero-order valence-corrected chi connectivity index (χ0v) is 17.9. The van der Waals surface area contributed by atoms with Crippen LogP contribution in [0.25, 0.3) is 0 Å². The first-order chi connectivity index (χ1) is 12.7. The number of guanidine groups is 1. The van der Waals surface area contributed by atoms with Crippen molar-refractivity contribution in [3.63, 3.8) is 0 Å². The first kappa shape index (κ1) is 20.7. The van der Waals surface area contributed by atoms with E-state index >= 15 is 0 Å². The molecule has 25 heavy (non-hydrogen) atoms. The Morgan fingerprint density at radius 2 is 1.48 bits per heavy atom. The molecule has 6 nitrogen and oxygen atoms in total. The van der Waals surface area contributed by atoms with Crippen LogP contribution in [0.15, 0.2) is 0 Å². The van der Waals surface area contributed by atoms with Crippen molar-refractivity contribution in [3.8, 4) is 0 Å². The van der Waals surface area contributed by atoms with Crippen LogP contribution in [0, 0.1) is 5.41 Å². The van der Waals surface area contributed by atoms with E-state index in [2.05, 4.69) is 12.2 Å².